The molecule has 0 radical (unpaired) electrons. The minimum atomic E-state index is -1.12. The summed E-state index contributed by atoms with van der Waals surface area (Å²) in [5, 5.41) is 26.2. The summed E-state index contributed by atoms with van der Waals surface area (Å²) >= 11 is 0. The van der Waals surface area contributed by atoms with E-state index in [4.69, 9.17) is 15.3 Å². The highest BCUT2D eigenvalue weighted by Gasteiger charge is 2.19. The molecule has 74 valence electrons. The summed E-state index contributed by atoms with van der Waals surface area (Å²) in [5.74, 6) is 0. The van der Waals surface area contributed by atoms with Gasteiger partial charge in [-0.3, -0.25) is 0 Å². The monoisotopic (exact) mass is 180 g/mol. The topological polar surface area (TPSA) is 79.2 Å². The van der Waals surface area contributed by atoms with Crippen LogP contribution in [0.2, 0.25) is 0 Å². The molecule has 0 aliphatic rings. The third-order valence-electron chi connectivity index (χ3n) is 1.17. The molecule has 0 aromatic heterocycles. The van der Waals surface area contributed by atoms with Gasteiger partial charge in [0.05, 0.1) is 19.3 Å². The lowest BCUT2D eigenvalue weighted by atomic mass is 10.2. The van der Waals surface area contributed by atoms with Crippen LogP contribution in [-0.4, -0.2) is 46.8 Å². The maximum absolute atomic E-state index is 9.02. The van der Waals surface area contributed by atoms with Crippen molar-refractivity contribution in [1.82, 2.24) is 0 Å². The van der Waals surface area contributed by atoms with Crippen molar-refractivity contribution in [2.45, 2.75) is 32.2 Å². The van der Waals surface area contributed by atoms with Gasteiger partial charge in [0.25, 0.3) is 0 Å². The molecular weight excluding hydrogens is 164 g/mol. The van der Waals surface area contributed by atoms with E-state index < -0.39 is 25.4 Å². The van der Waals surface area contributed by atoms with E-state index in [9.17, 15) is 0 Å². The normalized spacial score (nSPS) is 16.5. The van der Waals surface area contributed by atoms with Crippen LogP contribution in [0.3, 0.4) is 0 Å². The molecule has 0 heterocycles. The third kappa shape index (κ3) is 4.63. The van der Waals surface area contributed by atoms with Crippen LogP contribution < -0.4 is 0 Å². The van der Waals surface area contributed by atoms with Crippen molar-refractivity contribution in [3.63, 3.8) is 0 Å². The van der Waals surface area contributed by atoms with Crippen LogP contribution in [0.4, 0.5) is 0 Å². The molecule has 0 saturated heterocycles. The Hall–Kier alpha value is -0.200. The maximum atomic E-state index is 9.02. The van der Waals surface area contributed by atoms with Crippen LogP contribution in [0.25, 0.3) is 0 Å². The van der Waals surface area contributed by atoms with E-state index in [0.29, 0.717) is 0 Å². The minimum absolute atomic E-state index is 0.148. The summed E-state index contributed by atoms with van der Waals surface area (Å²) in [5.41, 5.74) is 0. The molecule has 2 atom stereocenters. The summed E-state index contributed by atoms with van der Waals surface area (Å²) in [6.07, 6.45) is -2.16. The molecule has 0 rings (SSSR count). The summed E-state index contributed by atoms with van der Waals surface area (Å²) in [7, 11) is 0. The van der Waals surface area contributed by atoms with Crippen LogP contribution in [-0.2, 0) is 9.78 Å². The molecule has 5 heteroatoms. The second-order valence-electron chi connectivity index (χ2n) is 2.71. The predicted octanol–water partition coefficient (Wildman–Crippen LogP) is -0.943. The Morgan fingerprint density at radius 1 is 1.08 bits per heavy atom. The van der Waals surface area contributed by atoms with Crippen molar-refractivity contribution >= 4 is 0 Å². The highest BCUT2D eigenvalue weighted by molar-refractivity contribution is 4.64. The van der Waals surface area contributed by atoms with Gasteiger partial charge in [0.15, 0.2) is 0 Å². The fraction of sp³-hybridized carbons (Fsp3) is 1.00. The van der Waals surface area contributed by atoms with Crippen LogP contribution in [0, 0.1) is 0 Å². The van der Waals surface area contributed by atoms with Gasteiger partial charge in [-0.25, -0.2) is 9.78 Å². The molecule has 0 amide bonds. The Morgan fingerprint density at radius 3 is 2.00 bits per heavy atom. The van der Waals surface area contributed by atoms with Gasteiger partial charge < -0.3 is 15.3 Å². The van der Waals surface area contributed by atoms with Gasteiger partial charge in [0.2, 0.25) is 0 Å². The van der Waals surface area contributed by atoms with Crippen LogP contribution in [0.15, 0.2) is 0 Å². The van der Waals surface area contributed by atoms with Gasteiger partial charge in [0.1, 0.15) is 12.2 Å². The third-order valence-corrected chi connectivity index (χ3v) is 1.17. The molecule has 5 nitrogen and oxygen atoms in total. The fourth-order valence-corrected chi connectivity index (χ4v) is 0.516. The first-order valence-electron chi connectivity index (χ1n) is 3.83. The van der Waals surface area contributed by atoms with Gasteiger partial charge in [-0.15, -0.1) is 0 Å². The fourth-order valence-electron chi connectivity index (χ4n) is 0.516. The first-order chi connectivity index (χ1) is 5.61. The number of aliphatic hydroxyl groups excluding tert-OH is 3. The molecule has 0 aliphatic heterocycles. The quantitative estimate of drug-likeness (QED) is 0.363. The molecule has 0 aromatic rings. The largest absolute Gasteiger partial charge is 0.394 e. The minimum Gasteiger partial charge on any atom is -0.394 e. The van der Waals surface area contributed by atoms with Crippen molar-refractivity contribution in [3.8, 4) is 0 Å². The Labute approximate surface area is 71.5 Å². The molecule has 3 N–H and O–H groups in total. The first-order valence-corrected chi connectivity index (χ1v) is 3.83. The Kier molecular flexibility index (Phi) is 6.23. The maximum Gasteiger partial charge on any atom is 0.144 e. The molecule has 0 fully saturated rings. The Bertz CT molecular complexity index is 106. The van der Waals surface area contributed by atoms with E-state index in [1.54, 1.807) is 13.8 Å². The van der Waals surface area contributed by atoms with E-state index in [1.165, 1.54) is 0 Å². The SMILES string of the molecule is CC(C)OO[C@H](CO)[C@H](O)CO. The van der Waals surface area contributed by atoms with Crippen molar-refractivity contribution in [3.05, 3.63) is 0 Å². The molecule has 12 heavy (non-hydrogen) atoms. The molecule has 0 unspecified atom stereocenters. The summed E-state index contributed by atoms with van der Waals surface area (Å²) in [4.78, 5) is 9.33. The Morgan fingerprint density at radius 2 is 1.67 bits per heavy atom. The average Bonchev–Trinajstić information content (AvgIpc) is 2.04. The van der Waals surface area contributed by atoms with Crippen LogP contribution in [0.1, 0.15) is 13.8 Å². The average molecular weight is 180 g/mol. The highest BCUT2D eigenvalue weighted by atomic mass is 17.2. The summed E-state index contributed by atoms with van der Waals surface area (Å²) in [6.45, 7) is 2.64. The molecule has 0 aliphatic carbocycles. The summed E-state index contributed by atoms with van der Waals surface area (Å²) < 4.78 is 0. The van der Waals surface area contributed by atoms with Crippen molar-refractivity contribution in [2.24, 2.45) is 0 Å². The predicted molar refractivity (Wildman–Crippen MR) is 41.3 cm³/mol. The van der Waals surface area contributed by atoms with Crippen LogP contribution >= 0.6 is 0 Å². The van der Waals surface area contributed by atoms with E-state index in [-0.39, 0.29) is 6.10 Å². The lowest BCUT2D eigenvalue weighted by Gasteiger charge is -2.19. The van der Waals surface area contributed by atoms with Crippen molar-refractivity contribution < 1.29 is 25.1 Å². The van der Waals surface area contributed by atoms with E-state index in [2.05, 4.69) is 9.78 Å². The first kappa shape index (κ1) is 11.8. The molecular formula is C7H16O5. The van der Waals surface area contributed by atoms with Gasteiger partial charge >= 0.3 is 0 Å². The van der Waals surface area contributed by atoms with Gasteiger partial charge in [0, 0.05) is 0 Å². The highest BCUT2D eigenvalue weighted by Crippen LogP contribution is 2.01. The van der Waals surface area contributed by atoms with Crippen LogP contribution in [0.5, 0.6) is 0 Å². The second-order valence-corrected chi connectivity index (χ2v) is 2.71. The zero-order chi connectivity index (χ0) is 9.56. The lowest BCUT2D eigenvalue weighted by Crippen LogP contribution is -2.35. The molecule has 0 bridgehead atoms. The summed E-state index contributed by atoms with van der Waals surface area (Å²) in [6, 6.07) is 0. The van der Waals surface area contributed by atoms with E-state index in [1.807, 2.05) is 0 Å². The molecule has 0 spiro atoms. The second kappa shape index (κ2) is 6.33. The zero-order valence-corrected chi connectivity index (χ0v) is 7.30. The lowest BCUT2D eigenvalue weighted by molar-refractivity contribution is -0.361. The van der Waals surface area contributed by atoms with E-state index >= 15 is 0 Å². The number of hydrogen-bond acceptors (Lipinski definition) is 5. The smallest absolute Gasteiger partial charge is 0.144 e. The molecule has 0 aromatic carbocycles. The van der Waals surface area contributed by atoms with Crippen molar-refractivity contribution in [2.75, 3.05) is 13.2 Å². The Balaban J connectivity index is 3.67. The zero-order valence-electron chi connectivity index (χ0n) is 7.30. The standard InChI is InChI=1S/C7H16O5/c1-5(2)11-12-7(4-9)6(10)3-8/h5-10H,3-4H2,1-2H3/t6-,7-/m1/s1. The van der Waals surface area contributed by atoms with E-state index in [0.717, 1.165) is 0 Å². The van der Waals surface area contributed by atoms with Gasteiger partial charge in [-0.2, -0.15) is 0 Å². The number of rotatable bonds is 6. The number of aliphatic hydroxyl groups is 3. The van der Waals surface area contributed by atoms with Crippen molar-refractivity contribution in [1.29, 1.82) is 0 Å². The van der Waals surface area contributed by atoms with Gasteiger partial charge in [-0.05, 0) is 13.8 Å². The number of hydrogen-bond donors (Lipinski definition) is 3. The molecule has 0 saturated carbocycles. The van der Waals surface area contributed by atoms with Gasteiger partial charge in [-0.1, -0.05) is 0 Å².